The van der Waals surface area contributed by atoms with Crippen molar-refractivity contribution in [2.45, 2.75) is 24.2 Å². The van der Waals surface area contributed by atoms with Crippen molar-refractivity contribution in [3.05, 3.63) is 64.8 Å². The van der Waals surface area contributed by atoms with E-state index in [1.807, 2.05) is 25.3 Å². The molecule has 0 spiro atoms. The number of para-hydroxylation sites is 1. The number of thiocarbonyl (C=S) groups is 1. The molecule has 11 heteroatoms. The van der Waals surface area contributed by atoms with E-state index in [4.69, 9.17) is 28.6 Å². The summed E-state index contributed by atoms with van der Waals surface area (Å²) in [5.41, 5.74) is 6.51. The molecule has 2 aliphatic heterocycles. The maximum Gasteiger partial charge on any atom is 0.243 e. The maximum atomic E-state index is 13.0. The Hall–Kier alpha value is -2.50. The molecule has 0 atom stereocenters. The lowest BCUT2D eigenvalue weighted by molar-refractivity contribution is 0.0730. The van der Waals surface area contributed by atoms with Crippen molar-refractivity contribution in [2.24, 2.45) is 5.10 Å². The smallest absolute Gasteiger partial charge is 0.243 e. The summed E-state index contributed by atoms with van der Waals surface area (Å²) in [6, 6.07) is 12.8. The molecule has 1 saturated heterocycles. The first-order valence-corrected chi connectivity index (χ1v) is 13.4. The Bertz CT molecular complexity index is 1290. The fourth-order valence-electron chi connectivity index (χ4n) is 4.35. The van der Waals surface area contributed by atoms with Gasteiger partial charge in [-0.3, -0.25) is 5.43 Å². The Balaban J connectivity index is 1.43. The number of hydrogen-bond donors (Lipinski definition) is 2. The van der Waals surface area contributed by atoms with Crippen LogP contribution in [0.1, 0.15) is 19.4 Å². The summed E-state index contributed by atoms with van der Waals surface area (Å²) in [7, 11) is -1.62. The van der Waals surface area contributed by atoms with Gasteiger partial charge in [0.2, 0.25) is 10.0 Å². The lowest BCUT2D eigenvalue weighted by Gasteiger charge is -2.26. The zero-order valence-electron chi connectivity index (χ0n) is 19.8. The quantitative estimate of drug-likeness (QED) is 0.342. The van der Waals surface area contributed by atoms with Crippen LogP contribution in [-0.2, 0) is 20.2 Å². The van der Waals surface area contributed by atoms with Gasteiger partial charge >= 0.3 is 0 Å². The molecule has 2 heterocycles. The molecule has 4 rings (SSSR count). The number of allylic oxidation sites excluding steroid dienone is 2. The number of hydrazone groups is 1. The summed E-state index contributed by atoms with van der Waals surface area (Å²) in [4.78, 5) is 2.28. The van der Waals surface area contributed by atoms with Gasteiger partial charge in [0.05, 0.1) is 28.8 Å². The molecule has 35 heavy (non-hydrogen) atoms. The maximum absolute atomic E-state index is 13.0. The fourth-order valence-corrected chi connectivity index (χ4v) is 6.11. The number of fused-ring (bicyclic) bond motifs is 1. The normalized spacial score (nSPS) is 19.2. The molecule has 2 aromatic rings. The average Bonchev–Trinajstić information content (AvgIpc) is 3.04. The van der Waals surface area contributed by atoms with Crippen molar-refractivity contribution in [1.29, 1.82) is 0 Å². The zero-order chi connectivity index (χ0) is 25.2. The molecule has 0 amide bonds. The number of hydrogen-bond acceptors (Lipinski definition) is 6. The van der Waals surface area contributed by atoms with E-state index in [9.17, 15) is 8.42 Å². The molecule has 0 aliphatic carbocycles. The minimum atomic E-state index is -3.66. The van der Waals surface area contributed by atoms with E-state index in [1.165, 1.54) is 33.8 Å². The Morgan fingerprint density at radius 1 is 1.20 bits per heavy atom. The first-order chi connectivity index (χ1) is 16.6. The predicted octanol–water partition coefficient (Wildman–Crippen LogP) is 3.94. The van der Waals surface area contributed by atoms with Crippen LogP contribution in [0.4, 0.5) is 11.4 Å². The number of nitrogens with one attached hydrogen (secondary N) is 2. The van der Waals surface area contributed by atoms with Crippen LogP contribution in [0.5, 0.6) is 0 Å². The average molecular weight is 534 g/mol. The summed E-state index contributed by atoms with van der Waals surface area (Å²) >= 11 is 11.6. The van der Waals surface area contributed by atoms with Gasteiger partial charge in [-0.15, -0.1) is 0 Å². The lowest BCUT2D eigenvalue weighted by atomic mass is 9.84. The van der Waals surface area contributed by atoms with Gasteiger partial charge < -0.3 is 15.0 Å². The third kappa shape index (κ3) is 5.22. The van der Waals surface area contributed by atoms with Crippen LogP contribution >= 0.6 is 23.8 Å². The SMILES string of the molecule is CN1C(=CC=NNC(=S)Nc2cc(S(=O)(=O)N3CCOCC3)ccc2Cl)C(C)(C)c2ccccc21. The molecular formula is C24H28ClN5O3S2. The summed E-state index contributed by atoms with van der Waals surface area (Å²) in [6.45, 7) is 5.73. The molecule has 0 saturated carbocycles. The summed E-state index contributed by atoms with van der Waals surface area (Å²) in [5.74, 6) is 0. The van der Waals surface area contributed by atoms with Crippen molar-refractivity contribution in [1.82, 2.24) is 9.73 Å². The fraction of sp³-hybridized carbons (Fsp3) is 0.333. The van der Waals surface area contributed by atoms with Crippen LogP contribution in [0.25, 0.3) is 0 Å². The van der Waals surface area contributed by atoms with Gasteiger partial charge in [-0.25, -0.2) is 8.42 Å². The predicted molar refractivity (Wildman–Crippen MR) is 145 cm³/mol. The number of halogens is 1. The van der Waals surface area contributed by atoms with Crippen molar-refractivity contribution in [2.75, 3.05) is 43.6 Å². The second-order valence-corrected chi connectivity index (χ2v) is 11.5. The van der Waals surface area contributed by atoms with Gasteiger partial charge in [-0.05, 0) is 48.1 Å². The Morgan fingerprint density at radius 2 is 1.91 bits per heavy atom. The Morgan fingerprint density at radius 3 is 2.63 bits per heavy atom. The number of rotatable bonds is 5. The molecule has 0 radical (unpaired) electrons. The monoisotopic (exact) mass is 533 g/mol. The van der Waals surface area contributed by atoms with Gasteiger partial charge in [-0.1, -0.05) is 43.6 Å². The minimum Gasteiger partial charge on any atom is -0.379 e. The number of morpholine rings is 1. The van der Waals surface area contributed by atoms with E-state index in [-0.39, 0.29) is 15.4 Å². The van der Waals surface area contributed by atoms with E-state index >= 15 is 0 Å². The Kier molecular flexibility index (Phi) is 7.48. The lowest BCUT2D eigenvalue weighted by Crippen LogP contribution is -2.40. The van der Waals surface area contributed by atoms with Crippen molar-refractivity contribution in [3.63, 3.8) is 0 Å². The van der Waals surface area contributed by atoms with Crippen LogP contribution in [-0.4, -0.2) is 57.4 Å². The van der Waals surface area contributed by atoms with E-state index in [2.05, 4.69) is 46.7 Å². The topological polar surface area (TPSA) is 86.3 Å². The number of nitrogens with zero attached hydrogens (tertiary/aromatic N) is 3. The number of ether oxygens (including phenoxy) is 1. The van der Waals surface area contributed by atoms with Crippen molar-refractivity contribution < 1.29 is 13.2 Å². The number of sulfonamides is 1. The number of anilines is 2. The molecule has 2 aliphatic rings. The van der Waals surface area contributed by atoms with Gasteiger partial charge in [-0.2, -0.15) is 9.41 Å². The Labute approximate surface area is 216 Å². The first kappa shape index (κ1) is 25.6. The number of benzene rings is 2. The highest BCUT2D eigenvalue weighted by molar-refractivity contribution is 7.89. The highest BCUT2D eigenvalue weighted by atomic mass is 35.5. The van der Waals surface area contributed by atoms with Crippen LogP contribution in [0.3, 0.4) is 0 Å². The van der Waals surface area contributed by atoms with E-state index in [1.54, 1.807) is 6.21 Å². The third-order valence-electron chi connectivity index (χ3n) is 6.21. The molecule has 0 aromatic heterocycles. The van der Waals surface area contributed by atoms with Crippen LogP contribution < -0.4 is 15.6 Å². The van der Waals surface area contributed by atoms with Crippen LogP contribution in [0, 0.1) is 0 Å². The van der Waals surface area contributed by atoms with Crippen LogP contribution in [0.15, 0.2) is 64.2 Å². The molecule has 8 nitrogen and oxygen atoms in total. The van der Waals surface area contributed by atoms with E-state index in [0.717, 1.165) is 5.70 Å². The number of likely N-dealkylation sites (N-methyl/N-ethyl adjacent to an activating group) is 1. The standard InChI is InChI=1S/C24H28ClN5O3S2/c1-24(2)18-6-4-5-7-21(18)29(3)22(24)10-11-26-28-23(34)27-20-16-17(8-9-19(20)25)35(31,32)30-12-14-33-15-13-30/h4-11,16H,12-15H2,1-3H3,(H2,27,28,34). The van der Waals surface area contributed by atoms with Crippen molar-refractivity contribution >= 4 is 56.5 Å². The first-order valence-electron chi connectivity index (χ1n) is 11.1. The molecule has 186 valence electrons. The molecule has 0 bridgehead atoms. The highest BCUT2D eigenvalue weighted by Crippen LogP contribution is 2.46. The third-order valence-corrected chi connectivity index (χ3v) is 8.62. The van der Waals surface area contributed by atoms with Gasteiger partial charge in [0.15, 0.2) is 5.11 Å². The molecule has 2 aromatic carbocycles. The van der Waals surface area contributed by atoms with Crippen LogP contribution in [0.2, 0.25) is 5.02 Å². The van der Waals surface area contributed by atoms with Gasteiger partial charge in [0.25, 0.3) is 0 Å². The second-order valence-electron chi connectivity index (χ2n) is 8.76. The molecule has 2 N–H and O–H groups in total. The van der Waals surface area contributed by atoms with E-state index in [0.29, 0.717) is 37.0 Å². The zero-order valence-corrected chi connectivity index (χ0v) is 22.2. The summed E-state index contributed by atoms with van der Waals surface area (Å²) in [5, 5.41) is 7.66. The van der Waals surface area contributed by atoms with Gasteiger partial charge in [0, 0.05) is 43.2 Å². The molecule has 1 fully saturated rings. The molecular weight excluding hydrogens is 506 g/mol. The second kappa shape index (κ2) is 10.2. The van der Waals surface area contributed by atoms with E-state index < -0.39 is 10.0 Å². The summed E-state index contributed by atoms with van der Waals surface area (Å²) < 4.78 is 32.6. The van der Waals surface area contributed by atoms with Gasteiger partial charge in [0.1, 0.15) is 0 Å². The highest BCUT2D eigenvalue weighted by Gasteiger charge is 2.37. The minimum absolute atomic E-state index is 0.133. The molecule has 0 unspecified atom stereocenters. The largest absolute Gasteiger partial charge is 0.379 e. The summed E-state index contributed by atoms with van der Waals surface area (Å²) in [6.07, 6.45) is 3.59. The van der Waals surface area contributed by atoms with Crippen molar-refractivity contribution in [3.8, 4) is 0 Å².